The van der Waals surface area contributed by atoms with Crippen molar-refractivity contribution in [2.45, 2.75) is 19.8 Å². The smallest absolute Gasteiger partial charge is 0.265 e. The van der Waals surface area contributed by atoms with Gasteiger partial charge in [0.05, 0.1) is 17.3 Å². The maximum atomic E-state index is 12.2. The quantitative estimate of drug-likeness (QED) is 0.450. The van der Waals surface area contributed by atoms with Crippen LogP contribution in [0.5, 0.6) is 11.5 Å². The second-order valence-electron chi connectivity index (χ2n) is 6.98. The highest BCUT2D eigenvalue weighted by molar-refractivity contribution is 6.35. The van der Waals surface area contributed by atoms with Crippen molar-refractivity contribution in [3.8, 4) is 11.5 Å². The van der Waals surface area contributed by atoms with Gasteiger partial charge in [-0.05, 0) is 43.7 Å². The summed E-state index contributed by atoms with van der Waals surface area (Å²) >= 11 is 11.9. The molecule has 158 valence electrons. The fourth-order valence-corrected chi connectivity index (χ4v) is 3.42. The molecule has 2 aromatic rings. The Kier molecular flexibility index (Phi) is 7.24. The van der Waals surface area contributed by atoms with Gasteiger partial charge in [0.25, 0.3) is 5.91 Å². The lowest BCUT2D eigenvalue weighted by Gasteiger charge is -2.29. The van der Waals surface area contributed by atoms with E-state index in [0.29, 0.717) is 52.5 Å². The number of nitrogens with zero attached hydrogens (tertiary/aromatic N) is 1. The topological polar surface area (TPSA) is 67.9 Å². The van der Waals surface area contributed by atoms with E-state index < -0.39 is 0 Å². The summed E-state index contributed by atoms with van der Waals surface area (Å²) < 4.78 is 11.1. The van der Waals surface area contributed by atoms with Crippen LogP contribution in [0.25, 0.3) is 0 Å². The number of fused-ring (bicyclic) bond motifs is 1. The predicted octanol–water partition coefficient (Wildman–Crippen LogP) is 5.09. The molecule has 0 spiro atoms. The Labute approximate surface area is 185 Å². The van der Waals surface area contributed by atoms with Crippen molar-refractivity contribution in [1.29, 1.82) is 0 Å². The average Bonchev–Trinajstić information content (AvgIpc) is 2.68. The normalized spacial score (nSPS) is 12.8. The standard InChI is InChI=1S/C22H22Cl2N2O4/c1-14(2)12-26-18-7-6-16(11-20(18)30-13-22(26)28)25-21(27)4-3-9-29-19-8-5-15(23)10-17(19)24/h5-8,10-11H,1,3-4,9,12-13H2,2H3,(H,25,27). The third-order valence-corrected chi connectivity index (χ3v) is 4.84. The minimum atomic E-state index is -0.147. The highest BCUT2D eigenvalue weighted by Gasteiger charge is 2.25. The fourth-order valence-electron chi connectivity index (χ4n) is 2.96. The van der Waals surface area contributed by atoms with Crippen molar-refractivity contribution >= 4 is 46.4 Å². The maximum Gasteiger partial charge on any atom is 0.265 e. The third kappa shape index (κ3) is 5.68. The van der Waals surface area contributed by atoms with E-state index in [-0.39, 0.29) is 24.8 Å². The Balaban J connectivity index is 1.52. The number of carbonyl (C=O) groups excluding carboxylic acids is 2. The lowest BCUT2D eigenvalue weighted by atomic mass is 10.2. The summed E-state index contributed by atoms with van der Waals surface area (Å²) in [7, 11) is 0. The molecule has 1 aliphatic heterocycles. The maximum absolute atomic E-state index is 12.2. The van der Waals surface area contributed by atoms with E-state index in [2.05, 4.69) is 11.9 Å². The van der Waals surface area contributed by atoms with Crippen LogP contribution in [0.2, 0.25) is 10.0 Å². The fraction of sp³-hybridized carbons (Fsp3) is 0.273. The molecule has 2 aromatic carbocycles. The second-order valence-corrected chi connectivity index (χ2v) is 7.83. The summed E-state index contributed by atoms with van der Waals surface area (Å²) in [4.78, 5) is 26.0. The van der Waals surface area contributed by atoms with Crippen molar-refractivity contribution in [3.05, 3.63) is 58.6 Å². The summed E-state index contributed by atoms with van der Waals surface area (Å²) in [6.07, 6.45) is 0.802. The largest absolute Gasteiger partial charge is 0.492 e. The molecule has 1 N–H and O–H groups in total. The number of hydrogen-bond acceptors (Lipinski definition) is 4. The molecule has 3 rings (SSSR count). The van der Waals surface area contributed by atoms with Crippen molar-refractivity contribution in [3.63, 3.8) is 0 Å². The van der Waals surface area contributed by atoms with Crippen molar-refractivity contribution in [2.75, 3.05) is 30.0 Å². The number of anilines is 2. The zero-order valence-electron chi connectivity index (χ0n) is 16.5. The molecule has 1 aliphatic rings. The van der Waals surface area contributed by atoms with Crippen LogP contribution in [-0.2, 0) is 9.59 Å². The van der Waals surface area contributed by atoms with E-state index in [1.807, 2.05) is 6.92 Å². The molecule has 30 heavy (non-hydrogen) atoms. The van der Waals surface area contributed by atoms with E-state index >= 15 is 0 Å². The van der Waals surface area contributed by atoms with Gasteiger partial charge in [0.2, 0.25) is 5.91 Å². The summed E-state index contributed by atoms with van der Waals surface area (Å²) in [5.41, 5.74) is 2.14. The lowest BCUT2D eigenvalue weighted by Crippen LogP contribution is -2.39. The summed E-state index contributed by atoms with van der Waals surface area (Å²) in [5, 5.41) is 3.80. The molecule has 0 fully saturated rings. The van der Waals surface area contributed by atoms with Crippen LogP contribution in [0, 0.1) is 0 Å². The molecular formula is C22H22Cl2N2O4. The first-order valence-corrected chi connectivity index (χ1v) is 10.2. The van der Waals surface area contributed by atoms with Gasteiger partial charge in [0.15, 0.2) is 6.61 Å². The van der Waals surface area contributed by atoms with Crippen LogP contribution in [0.3, 0.4) is 0 Å². The van der Waals surface area contributed by atoms with Gasteiger partial charge >= 0.3 is 0 Å². The van der Waals surface area contributed by atoms with Crippen LogP contribution >= 0.6 is 23.2 Å². The van der Waals surface area contributed by atoms with Gasteiger partial charge in [0.1, 0.15) is 11.5 Å². The Bertz CT molecular complexity index is 978. The van der Waals surface area contributed by atoms with Crippen LogP contribution in [0.15, 0.2) is 48.6 Å². The van der Waals surface area contributed by atoms with Gasteiger partial charge in [-0.25, -0.2) is 0 Å². The van der Waals surface area contributed by atoms with E-state index in [9.17, 15) is 9.59 Å². The molecule has 0 bridgehead atoms. The Morgan fingerprint density at radius 1 is 1.27 bits per heavy atom. The van der Waals surface area contributed by atoms with Crippen LogP contribution in [-0.4, -0.2) is 31.6 Å². The van der Waals surface area contributed by atoms with Crippen LogP contribution < -0.4 is 19.7 Å². The molecule has 0 saturated carbocycles. The summed E-state index contributed by atoms with van der Waals surface area (Å²) in [5.74, 6) is 0.811. The number of ether oxygens (including phenoxy) is 2. The number of nitrogens with one attached hydrogen (secondary N) is 1. The monoisotopic (exact) mass is 448 g/mol. The first kappa shape index (κ1) is 22.0. The van der Waals surface area contributed by atoms with Gasteiger partial charge in [-0.3, -0.25) is 9.59 Å². The molecule has 0 aliphatic carbocycles. The Morgan fingerprint density at radius 3 is 2.80 bits per heavy atom. The minimum Gasteiger partial charge on any atom is -0.492 e. The third-order valence-electron chi connectivity index (χ3n) is 4.31. The molecule has 8 heteroatoms. The molecule has 2 amide bonds. The summed E-state index contributed by atoms with van der Waals surface area (Å²) in [6.45, 7) is 6.46. The molecule has 0 radical (unpaired) electrons. The molecule has 0 aromatic heterocycles. The molecule has 6 nitrogen and oxygen atoms in total. The number of rotatable bonds is 8. The number of halogens is 2. The van der Waals surface area contributed by atoms with Gasteiger partial charge in [0, 0.05) is 29.7 Å². The van der Waals surface area contributed by atoms with E-state index in [4.69, 9.17) is 32.7 Å². The SMILES string of the molecule is C=C(C)CN1C(=O)COc2cc(NC(=O)CCCOc3ccc(Cl)cc3Cl)ccc21. The summed E-state index contributed by atoms with van der Waals surface area (Å²) in [6, 6.07) is 10.2. The highest BCUT2D eigenvalue weighted by atomic mass is 35.5. The molecule has 0 saturated heterocycles. The van der Waals surface area contributed by atoms with Crippen LogP contribution in [0.4, 0.5) is 11.4 Å². The highest BCUT2D eigenvalue weighted by Crippen LogP contribution is 2.35. The number of hydrogen-bond donors (Lipinski definition) is 1. The van der Waals surface area contributed by atoms with Gasteiger partial charge < -0.3 is 19.7 Å². The van der Waals surface area contributed by atoms with Gasteiger partial charge in [-0.15, -0.1) is 0 Å². The second kappa shape index (κ2) is 9.87. The van der Waals surface area contributed by atoms with E-state index in [0.717, 1.165) is 5.57 Å². The van der Waals surface area contributed by atoms with Crippen molar-refractivity contribution in [2.24, 2.45) is 0 Å². The lowest BCUT2D eigenvalue weighted by molar-refractivity contribution is -0.121. The van der Waals surface area contributed by atoms with Gasteiger partial charge in [-0.2, -0.15) is 0 Å². The van der Waals surface area contributed by atoms with Crippen molar-refractivity contribution < 1.29 is 19.1 Å². The minimum absolute atomic E-state index is 0.0394. The van der Waals surface area contributed by atoms with E-state index in [1.165, 1.54) is 0 Å². The van der Waals surface area contributed by atoms with Gasteiger partial charge in [-0.1, -0.05) is 35.4 Å². The zero-order chi connectivity index (χ0) is 21.7. The zero-order valence-corrected chi connectivity index (χ0v) is 18.1. The Hall–Kier alpha value is -2.70. The number of benzene rings is 2. The van der Waals surface area contributed by atoms with Crippen LogP contribution in [0.1, 0.15) is 19.8 Å². The van der Waals surface area contributed by atoms with E-state index in [1.54, 1.807) is 41.3 Å². The Morgan fingerprint density at radius 2 is 2.07 bits per heavy atom. The first-order valence-electron chi connectivity index (χ1n) is 9.43. The predicted molar refractivity (Wildman–Crippen MR) is 119 cm³/mol. The van der Waals surface area contributed by atoms with Crippen molar-refractivity contribution in [1.82, 2.24) is 0 Å². The molecule has 1 heterocycles. The molecule has 0 atom stereocenters. The number of amides is 2. The first-order chi connectivity index (χ1) is 14.3. The molecular weight excluding hydrogens is 427 g/mol. The number of carbonyl (C=O) groups is 2. The molecule has 0 unspecified atom stereocenters. The average molecular weight is 449 g/mol.